The van der Waals surface area contributed by atoms with Gasteiger partial charge in [0.15, 0.2) is 0 Å². The van der Waals surface area contributed by atoms with Crippen molar-refractivity contribution in [2.75, 3.05) is 13.1 Å². The van der Waals surface area contributed by atoms with E-state index in [0.717, 1.165) is 12.8 Å². The first-order chi connectivity index (χ1) is 7.30. The topological polar surface area (TPSA) is 40.5 Å². The van der Waals surface area contributed by atoms with Gasteiger partial charge >= 0.3 is 6.18 Å². The third-order valence-electron chi connectivity index (χ3n) is 3.24. The van der Waals surface area contributed by atoms with Gasteiger partial charge in [-0.3, -0.25) is 4.79 Å². The molecule has 92 valence electrons. The molecule has 6 heteroatoms. The Morgan fingerprint density at radius 3 is 2.38 bits per heavy atom. The number of carbonyl (C=O) groups excluding carboxylic acids is 1. The average molecular weight is 237 g/mol. The number of halogens is 3. The maximum absolute atomic E-state index is 11.9. The monoisotopic (exact) mass is 237 g/mol. The van der Waals surface area contributed by atoms with Crippen molar-refractivity contribution >= 4 is 5.91 Å². The van der Waals surface area contributed by atoms with Crippen LogP contribution in [0.2, 0.25) is 0 Å². The molecule has 0 bridgehead atoms. The number of amides is 1. The van der Waals surface area contributed by atoms with E-state index in [2.05, 4.69) is 0 Å². The van der Waals surface area contributed by atoms with Crippen LogP contribution in [0.15, 0.2) is 0 Å². The van der Waals surface area contributed by atoms with E-state index in [1.165, 1.54) is 4.90 Å². The molecule has 1 aliphatic heterocycles. The zero-order chi connectivity index (χ0) is 12.0. The number of rotatable bonds is 3. The highest BCUT2D eigenvalue weighted by Crippen LogP contribution is 2.44. The van der Waals surface area contributed by atoms with E-state index in [0.29, 0.717) is 0 Å². The zero-order valence-corrected chi connectivity index (χ0v) is 8.76. The number of alkyl halides is 3. The smallest absolute Gasteiger partial charge is 0.386 e. The van der Waals surface area contributed by atoms with Crippen molar-refractivity contribution in [1.82, 2.24) is 4.90 Å². The van der Waals surface area contributed by atoms with Crippen LogP contribution in [-0.2, 0) is 4.79 Å². The minimum atomic E-state index is -4.28. The molecule has 2 fully saturated rings. The summed E-state index contributed by atoms with van der Waals surface area (Å²) < 4.78 is 35.6. The lowest BCUT2D eigenvalue weighted by molar-refractivity contribution is -0.167. The van der Waals surface area contributed by atoms with Crippen molar-refractivity contribution in [3.05, 3.63) is 0 Å². The van der Waals surface area contributed by atoms with E-state index in [-0.39, 0.29) is 19.0 Å². The molecule has 2 rings (SSSR count). The van der Waals surface area contributed by atoms with Crippen molar-refractivity contribution in [2.45, 2.75) is 37.5 Å². The molecule has 1 N–H and O–H groups in total. The van der Waals surface area contributed by atoms with E-state index in [1.54, 1.807) is 0 Å². The summed E-state index contributed by atoms with van der Waals surface area (Å²) in [7, 11) is 0. The van der Waals surface area contributed by atoms with Gasteiger partial charge in [0.1, 0.15) is 5.60 Å². The Labute approximate surface area is 91.2 Å². The normalized spacial score (nSPS) is 24.1. The predicted molar refractivity (Wildman–Crippen MR) is 49.5 cm³/mol. The second-order valence-electron chi connectivity index (χ2n) is 4.74. The van der Waals surface area contributed by atoms with Crippen LogP contribution < -0.4 is 0 Å². The molecule has 0 spiro atoms. The Bertz CT molecular complexity index is 293. The third-order valence-corrected chi connectivity index (χ3v) is 3.24. The number of likely N-dealkylation sites (tertiary alicyclic amines) is 1. The van der Waals surface area contributed by atoms with E-state index in [4.69, 9.17) is 0 Å². The lowest BCUT2D eigenvalue weighted by Crippen LogP contribution is -2.64. The predicted octanol–water partition coefficient (Wildman–Crippen LogP) is 1.31. The van der Waals surface area contributed by atoms with Gasteiger partial charge in [-0.25, -0.2) is 0 Å². The van der Waals surface area contributed by atoms with E-state index in [1.807, 2.05) is 0 Å². The minimum absolute atomic E-state index is 0.203. The highest BCUT2D eigenvalue weighted by molar-refractivity contribution is 5.77. The molecule has 1 saturated heterocycles. The van der Waals surface area contributed by atoms with Crippen molar-refractivity contribution in [2.24, 2.45) is 5.92 Å². The van der Waals surface area contributed by atoms with Crippen LogP contribution >= 0.6 is 0 Å². The van der Waals surface area contributed by atoms with Gasteiger partial charge in [-0.2, -0.15) is 13.2 Å². The fourth-order valence-corrected chi connectivity index (χ4v) is 2.08. The molecule has 16 heavy (non-hydrogen) atoms. The first-order valence-corrected chi connectivity index (χ1v) is 5.37. The van der Waals surface area contributed by atoms with Crippen molar-refractivity contribution in [3.8, 4) is 0 Å². The van der Waals surface area contributed by atoms with Gasteiger partial charge in [0.25, 0.3) is 0 Å². The van der Waals surface area contributed by atoms with E-state index in [9.17, 15) is 23.1 Å². The highest BCUT2D eigenvalue weighted by atomic mass is 19.4. The van der Waals surface area contributed by atoms with Crippen LogP contribution in [0, 0.1) is 5.92 Å². The van der Waals surface area contributed by atoms with Gasteiger partial charge in [0.05, 0.1) is 19.5 Å². The molecule has 1 saturated carbocycles. The van der Waals surface area contributed by atoms with Gasteiger partial charge in [-0.1, -0.05) is 0 Å². The van der Waals surface area contributed by atoms with E-state index < -0.39 is 30.5 Å². The molecule has 0 unspecified atom stereocenters. The molecule has 0 aromatic carbocycles. The van der Waals surface area contributed by atoms with Crippen LogP contribution in [0.25, 0.3) is 0 Å². The lowest BCUT2D eigenvalue weighted by Gasteiger charge is -2.47. The van der Waals surface area contributed by atoms with Gasteiger partial charge in [-0.05, 0) is 18.8 Å². The quantitative estimate of drug-likeness (QED) is 0.804. The number of aliphatic hydroxyl groups is 1. The molecule has 0 radical (unpaired) electrons. The summed E-state index contributed by atoms with van der Waals surface area (Å²) in [6.45, 7) is 0.405. The van der Waals surface area contributed by atoms with Crippen molar-refractivity contribution < 1.29 is 23.1 Å². The fraction of sp³-hybridized carbons (Fsp3) is 0.900. The molecule has 2 aliphatic rings. The van der Waals surface area contributed by atoms with Crippen molar-refractivity contribution in [3.63, 3.8) is 0 Å². The molecule has 1 aliphatic carbocycles. The third kappa shape index (κ3) is 2.48. The number of hydrogen-bond donors (Lipinski definition) is 1. The van der Waals surface area contributed by atoms with Gasteiger partial charge in [0.2, 0.25) is 5.91 Å². The van der Waals surface area contributed by atoms with Crippen LogP contribution in [0.3, 0.4) is 0 Å². The maximum atomic E-state index is 11.9. The highest BCUT2D eigenvalue weighted by Gasteiger charge is 2.53. The SMILES string of the molecule is O=C(CCC(F)(F)F)N1CC(O)(C2CC2)C1. The van der Waals surface area contributed by atoms with Crippen LogP contribution in [-0.4, -0.2) is 40.8 Å². The summed E-state index contributed by atoms with van der Waals surface area (Å²) in [6, 6.07) is 0. The second kappa shape index (κ2) is 3.61. The Morgan fingerprint density at radius 1 is 1.38 bits per heavy atom. The summed E-state index contributed by atoms with van der Waals surface area (Å²) in [6.07, 6.45) is -3.95. The average Bonchev–Trinajstić information content (AvgIpc) is 2.90. The summed E-state index contributed by atoms with van der Waals surface area (Å²) in [5.41, 5.74) is -0.812. The lowest BCUT2D eigenvalue weighted by atomic mass is 9.88. The molecular weight excluding hydrogens is 223 g/mol. The molecule has 0 aromatic heterocycles. The summed E-state index contributed by atoms with van der Waals surface area (Å²) >= 11 is 0. The van der Waals surface area contributed by atoms with E-state index >= 15 is 0 Å². The largest absolute Gasteiger partial charge is 0.389 e. The number of nitrogens with zero attached hydrogens (tertiary/aromatic N) is 1. The fourth-order valence-electron chi connectivity index (χ4n) is 2.08. The summed E-state index contributed by atoms with van der Waals surface area (Å²) in [5.74, 6) is -0.262. The summed E-state index contributed by atoms with van der Waals surface area (Å²) in [5, 5.41) is 9.88. The standard InChI is InChI=1S/C10H14F3NO2/c11-10(12,13)4-3-8(15)14-5-9(16,6-14)7-1-2-7/h7,16H,1-6H2. The molecule has 0 aromatic rings. The zero-order valence-electron chi connectivity index (χ0n) is 8.76. The molecule has 0 atom stereocenters. The Balaban J connectivity index is 1.72. The first-order valence-electron chi connectivity index (χ1n) is 5.37. The number of carbonyl (C=O) groups is 1. The summed E-state index contributed by atoms with van der Waals surface area (Å²) in [4.78, 5) is 12.6. The molecular formula is C10H14F3NO2. The number of β-amino-alcohol motifs (C(OH)–C–C–N with tert-alkyl or cyclic N) is 1. The molecule has 1 heterocycles. The number of hydrogen-bond acceptors (Lipinski definition) is 2. The van der Waals surface area contributed by atoms with Crippen LogP contribution in [0.4, 0.5) is 13.2 Å². The second-order valence-corrected chi connectivity index (χ2v) is 4.74. The van der Waals surface area contributed by atoms with Crippen LogP contribution in [0.1, 0.15) is 25.7 Å². The maximum Gasteiger partial charge on any atom is 0.389 e. The van der Waals surface area contributed by atoms with Gasteiger partial charge in [0, 0.05) is 6.42 Å². The molecule has 3 nitrogen and oxygen atoms in total. The van der Waals surface area contributed by atoms with Crippen LogP contribution in [0.5, 0.6) is 0 Å². The van der Waals surface area contributed by atoms with Crippen molar-refractivity contribution in [1.29, 1.82) is 0 Å². The Hall–Kier alpha value is -0.780. The molecule has 1 amide bonds. The van der Waals surface area contributed by atoms with Gasteiger partial charge in [-0.15, -0.1) is 0 Å². The minimum Gasteiger partial charge on any atom is -0.386 e. The Kier molecular flexibility index (Phi) is 2.64. The first kappa shape index (κ1) is 11.7. The Morgan fingerprint density at radius 2 is 1.94 bits per heavy atom. The van der Waals surface area contributed by atoms with Gasteiger partial charge < -0.3 is 10.0 Å².